The van der Waals surface area contributed by atoms with Gasteiger partial charge in [0.05, 0.1) is 30.2 Å². The zero-order chi connectivity index (χ0) is 25.4. The van der Waals surface area contributed by atoms with E-state index in [1.165, 1.54) is 6.07 Å². The molecule has 0 amide bonds. The summed E-state index contributed by atoms with van der Waals surface area (Å²) in [6, 6.07) is 6.04. The lowest BCUT2D eigenvalue weighted by molar-refractivity contribution is -0.138. The summed E-state index contributed by atoms with van der Waals surface area (Å²) in [6.07, 6.45) is -1.45. The van der Waals surface area contributed by atoms with Crippen LogP contribution in [0.25, 0.3) is 5.65 Å². The fourth-order valence-corrected chi connectivity index (χ4v) is 5.55. The van der Waals surface area contributed by atoms with Crippen LogP contribution >= 0.6 is 11.8 Å². The highest BCUT2D eigenvalue weighted by molar-refractivity contribution is 7.99. The molecule has 194 valence electrons. The Hall–Kier alpha value is -2.70. The van der Waals surface area contributed by atoms with Gasteiger partial charge in [-0.05, 0) is 38.3 Å². The van der Waals surface area contributed by atoms with E-state index >= 15 is 0 Å². The van der Waals surface area contributed by atoms with E-state index in [0.29, 0.717) is 65.9 Å². The highest BCUT2D eigenvalue weighted by Gasteiger charge is 2.35. The molecule has 8 nitrogen and oxygen atoms in total. The number of aromatic nitrogens is 3. The predicted octanol–water partition coefficient (Wildman–Crippen LogP) is 4.16. The molecule has 2 aromatic heterocycles. The van der Waals surface area contributed by atoms with Gasteiger partial charge in [0.25, 0.3) is 0 Å². The van der Waals surface area contributed by atoms with Crippen LogP contribution < -0.4 is 16.0 Å². The summed E-state index contributed by atoms with van der Waals surface area (Å²) in [6.45, 7) is 6.08. The zero-order valence-electron chi connectivity index (χ0n) is 20.3. The first-order chi connectivity index (χ1) is 17.2. The van der Waals surface area contributed by atoms with Gasteiger partial charge in [-0.1, -0.05) is 6.07 Å². The molecule has 2 aliphatic heterocycles. The number of nitrogens with zero attached hydrogens (tertiary/aromatic N) is 5. The van der Waals surface area contributed by atoms with E-state index in [0.717, 1.165) is 25.6 Å². The lowest BCUT2D eigenvalue weighted by atomic mass is 10.0. The minimum Gasteiger partial charge on any atom is -0.396 e. The quantitative estimate of drug-likeness (QED) is 0.501. The van der Waals surface area contributed by atoms with Crippen LogP contribution in [0.15, 0.2) is 24.3 Å². The van der Waals surface area contributed by atoms with Gasteiger partial charge in [0.1, 0.15) is 0 Å². The second-order valence-corrected chi connectivity index (χ2v) is 10.3. The fourth-order valence-electron chi connectivity index (χ4n) is 4.85. The number of hydrogen-bond acceptors (Lipinski definition) is 8. The topological polar surface area (TPSA) is 84.0 Å². The number of halogens is 3. The van der Waals surface area contributed by atoms with Crippen molar-refractivity contribution < 1.29 is 17.9 Å². The fraction of sp³-hybridized carbons (Fsp3) is 0.500. The van der Waals surface area contributed by atoms with Crippen molar-refractivity contribution in [3.8, 4) is 0 Å². The summed E-state index contributed by atoms with van der Waals surface area (Å²) in [5, 5.41) is 8.42. The predicted molar refractivity (Wildman–Crippen MR) is 137 cm³/mol. The summed E-state index contributed by atoms with van der Waals surface area (Å²) in [7, 11) is 0. The van der Waals surface area contributed by atoms with Gasteiger partial charge in [0, 0.05) is 48.7 Å². The summed E-state index contributed by atoms with van der Waals surface area (Å²) in [5.41, 5.74) is 7.81. The lowest BCUT2D eigenvalue weighted by Crippen LogP contribution is -2.37. The average molecular weight is 522 g/mol. The van der Waals surface area contributed by atoms with Crippen molar-refractivity contribution in [1.82, 2.24) is 19.5 Å². The number of nitrogens with one attached hydrogen (secondary N) is 1. The van der Waals surface area contributed by atoms with Gasteiger partial charge >= 0.3 is 6.18 Å². The summed E-state index contributed by atoms with van der Waals surface area (Å²) in [4.78, 5) is 8.72. The van der Waals surface area contributed by atoms with Crippen LogP contribution in [-0.4, -0.2) is 70.4 Å². The molecule has 2 saturated heterocycles. The number of likely N-dealkylation sites (tertiary alicyclic amines) is 1. The van der Waals surface area contributed by atoms with Gasteiger partial charge in [-0.3, -0.25) is 4.90 Å². The Morgan fingerprint density at radius 3 is 2.69 bits per heavy atom. The van der Waals surface area contributed by atoms with Crippen LogP contribution in [0.5, 0.6) is 0 Å². The number of hydrogen-bond donors (Lipinski definition) is 2. The van der Waals surface area contributed by atoms with E-state index in [-0.39, 0.29) is 12.1 Å². The number of aryl methyl sites for hydroxylation is 1. The van der Waals surface area contributed by atoms with Crippen molar-refractivity contribution in [2.45, 2.75) is 31.3 Å². The maximum Gasteiger partial charge on any atom is 0.416 e. The van der Waals surface area contributed by atoms with Crippen LogP contribution in [0, 0.1) is 6.92 Å². The van der Waals surface area contributed by atoms with Gasteiger partial charge in [0.15, 0.2) is 17.3 Å². The molecule has 0 bridgehead atoms. The number of morpholine rings is 1. The molecule has 0 aliphatic carbocycles. The first-order valence-electron chi connectivity index (χ1n) is 11.9. The molecule has 5 rings (SSSR count). The van der Waals surface area contributed by atoms with Crippen LogP contribution in [0.3, 0.4) is 0 Å². The summed E-state index contributed by atoms with van der Waals surface area (Å²) >= 11 is 1.76. The molecule has 2 fully saturated rings. The van der Waals surface area contributed by atoms with Crippen LogP contribution in [0.1, 0.15) is 23.2 Å². The summed E-state index contributed by atoms with van der Waals surface area (Å²) in [5.74, 6) is 1.17. The molecule has 2 aliphatic rings. The van der Waals surface area contributed by atoms with E-state index < -0.39 is 11.7 Å². The molecule has 1 unspecified atom stereocenters. The van der Waals surface area contributed by atoms with Crippen molar-refractivity contribution in [3.63, 3.8) is 0 Å². The maximum atomic E-state index is 14.1. The number of anilines is 4. The Kier molecular flexibility index (Phi) is 6.92. The monoisotopic (exact) mass is 521 g/mol. The molecular formula is C24H30F3N7OS. The van der Waals surface area contributed by atoms with E-state index in [9.17, 15) is 13.2 Å². The highest BCUT2D eigenvalue weighted by Crippen LogP contribution is 2.38. The second-order valence-electron chi connectivity index (χ2n) is 9.17. The number of benzene rings is 1. The van der Waals surface area contributed by atoms with Crippen molar-refractivity contribution in [1.29, 1.82) is 0 Å². The third-order valence-electron chi connectivity index (χ3n) is 6.79. The molecule has 0 radical (unpaired) electrons. The normalized spacial score (nSPS) is 19.4. The molecule has 0 saturated carbocycles. The number of thioether (sulfide) groups is 1. The van der Waals surface area contributed by atoms with Crippen molar-refractivity contribution in [3.05, 3.63) is 41.1 Å². The number of nitrogen functional groups attached to an aromatic ring is 1. The van der Waals surface area contributed by atoms with Crippen molar-refractivity contribution >= 4 is 40.4 Å². The zero-order valence-corrected chi connectivity index (χ0v) is 21.1. The van der Waals surface area contributed by atoms with Crippen molar-refractivity contribution in [2.75, 3.05) is 61.6 Å². The third kappa shape index (κ3) is 4.94. The number of fused-ring (bicyclic) bond motifs is 1. The number of alkyl halides is 3. The molecule has 3 aromatic rings. The maximum absolute atomic E-state index is 14.1. The number of nitrogens with two attached hydrogens (primary N) is 1. The first kappa shape index (κ1) is 25.0. The second kappa shape index (κ2) is 9.98. The van der Waals surface area contributed by atoms with Gasteiger partial charge in [0.2, 0.25) is 0 Å². The molecule has 0 spiro atoms. The minimum absolute atomic E-state index is 0.208. The van der Waals surface area contributed by atoms with Gasteiger partial charge in [-0.25, -0.2) is 4.98 Å². The van der Waals surface area contributed by atoms with Gasteiger partial charge in [-0.2, -0.15) is 29.4 Å². The lowest BCUT2D eigenvalue weighted by Gasteiger charge is -2.28. The highest BCUT2D eigenvalue weighted by atomic mass is 32.2. The van der Waals surface area contributed by atoms with E-state index in [1.807, 2.05) is 6.26 Å². The Bertz CT molecular complexity index is 1240. The molecule has 36 heavy (non-hydrogen) atoms. The standard InChI is InChI=1S/C24H30F3N7OS/c1-15-22(34-23(29-15)19(28)12-21(31-34)33-8-10-35-11-9-33)30-20-5-3-4-18(24(25,26)27)17(20)14-32-7-6-16(13-32)36-2/h3-5,12,16,30H,6-11,13-14,28H2,1-2H3. The Morgan fingerprint density at radius 1 is 1.22 bits per heavy atom. The first-order valence-corrected chi connectivity index (χ1v) is 13.2. The third-order valence-corrected chi connectivity index (χ3v) is 7.84. The van der Waals surface area contributed by atoms with E-state index in [1.54, 1.807) is 35.3 Å². The van der Waals surface area contributed by atoms with Gasteiger partial charge in [-0.15, -0.1) is 5.10 Å². The number of imidazole rings is 1. The smallest absolute Gasteiger partial charge is 0.396 e. The average Bonchev–Trinajstić information content (AvgIpc) is 3.44. The van der Waals surface area contributed by atoms with Gasteiger partial charge < -0.3 is 20.7 Å². The molecule has 4 heterocycles. The molecule has 1 atom stereocenters. The van der Waals surface area contributed by atoms with E-state index in [4.69, 9.17) is 15.6 Å². The van der Waals surface area contributed by atoms with Crippen LogP contribution in [0.2, 0.25) is 0 Å². The largest absolute Gasteiger partial charge is 0.416 e. The Morgan fingerprint density at radius 2 is 2.00 bits per heavy atom. The SMILES string of the molecule is CSC1CCN(Cc2c(Nc3c(C)nc4c(N)cc(N5CCOCC5)nn34)cccc2C(F)(F)F)C1. The number of ether oxygens (including phenoxy) is 1. The molecular weight excluding hydrogens is 491 g/mol. The molecule has 12 heteroatoms. The Labute approximate surface area is 212 Å². The minimum atomic E-state index is -4.47. The Balaban J connectivity index is 1.54. The van der Waals surface area contributed by atoms with Crippen LogP contribution in [-0.2, 0) is 17.5 Å². The summed E-state index contributed by atoms with van der Waals surface area (Å²) < 4.78 is 49.2. The molecule has 3 N–H and O–H groups in total. The van der Waals surface area contributed by atoms with Crippen LogP contribution in [0.4, 0.5) is 36.2 Å². The molecule has 1 aromatic carbocycles. The van der Waals surface area contributed by atoms with Crippen molar-refractivity contribution in [2.24, 2.45) is 0 Å². The number of rotatable bonds is 6. The van der Waals surface area contributed by atoms with E-state index in [2.05, 4.69) is 20.1 Å².